The van der Waals surface area contributed by atoms with Crippen molar-refractivity contribution in [2.75, 3.05) is 7.11 Å². The fraction of sp³-hybridized carbons (Fsp3) is 0.917. The highest BCUT2D eigenvalue weighted by Gasteiger charge is 2.62. The first kappa shape index (κ1) is 7.72. The van der Waals surface area contributed by atoms with E-state index >= 15 is 0 Å². The van der Waals surface area contributed by atoms with Gasteiger partial charge in [-0.3, -0.25) is 4.79 Å². The molecule has 14 heavy (non-hydrogen) atoms. The zero-order valence-electron chi connectivity index (χ0n) is 12.7. The van der Waals surface area contributed by atoms with E-state index in [1.807, 2.05) is 20.8 Å². The molecule has 1 rings (SSSR count). The van der Waals surface area contributed by atoms with Crippen molar-refractivity contribution in [3.63, 3.8) is 0 Å². The van der Waals surface area contributed by atoms with E-state index in [9.17, 15) is 4.79 Å². The quantitative estimate of drug-likeness (QED) is 0.642. The van der Waals surface area contributed by atoms with Crippen molar-refractivity contribution in [1.82, 2.24) is 0 Å². The van der Waals surface area contributed by atoms with E-state index in [4.69, 9.17) is 4.11 Å². The van der Waals surface area contributed by atoms with Crippen LogP contribution in [-0.4, -0.2) is 13.1 Å². The van der Waals surface area contributed by atoms with Gasteiger partial charge < -0.3 is 4.74 Å². The summed E-state index contributed by atoms with van der Waals surface area (Å²) in [7, 11) is 1.34. The summed E-state index contributed by atoms with van der Waals surface area (Å²) in [6.07, 6.45) is 0.202. The molecule has 1 fully saturated rings. The molecule has 1 aliphatic carbocycles. The minimum atomic E-state index is -2.02. The Morgan fingerprint density at radius 3 is 2.43 bits per heavy atom. The lowest BCUT2D eigenvalue weighted by atomic mass is 9.85. The molecule has 0 N–H and O–H groups in total. The largest absolute Gasteiger partial charge is 0.469 e. The van der Waals surface area contributed by atoms with Crippen LogP contribution in [0.4, 0.5) is 0 Å². The van der Waals surface area contributed by atoms with Gasteiger partial charge in [-0.1, -0.05) is 34.5 Å². The van der Waals surface area contributed by atoms with E-state index in [-0.39, 0.29) is 29.6 Å². The predicted octanol–water partition coefficient (Wildman–Crippen LogP) is 2.87. The van der Waals surface area contributed by atoms with Gasteiger partial charge in [0.1, 0.15) is 0 Å². The summed E-state index contributed by atoms with van der Waals surface area (Å²) in [4.78, 5) is 11.3. The summed E-state index contributed by atoms with van der Waals surface area (Å²) in [5.41, 5.74) is -0.874. The molecule has 0 amide bonds. The molecule has 3 atom stereocenters. The number of rotatable bonds is 2. The number of esters is 1. The second-order valence-corrected chi connectivity index (χ2v) is 5.51. The lowest BCUT2D eigenvalue weighted by Gasteiger charge is -2.20. The number of hydrogen-bond donors (Lipinski definition) is 0. The summed E-state index contributed by atoms with van der Waals surface area (Å²) < 4.78 is 27.7. The molecule has 0 aromatic heterocycles. The van der Waals surface area contributed by atoms with Gasteiger partial charge in [0.25, 0.3) is 0 Å². The molecule has 1 aliphatic rings. The molecule has 2 nitrogen and oxygen atoms in total. The molecule has 3 unspecified atom stereocenters. The summed E-state index contributed by atoms with van der Waals surface area (Å²) in [6.45, 7) is 5.82. The second-order valence-electron chi connectivity index (χ2n) is 5.51. The molecule has 0 radical (unpaired) electrons. The van der Waals surface area contributed by atoms with Crippen molar-refractivity contribution < 1.29 is 13.6 Å². The maximum absolute atomic E-state index is 11.3. The van der Waals surface area contributed by atoms with Crippen LogP contribution >= 0.6 is 0 Å². The Labute approximate surface area is 91.2 Å². The standard InChI is InChI=1S/C12H22O2/c1-11(2,3)10-8(12(10,4)5)7-9(13)14-6/h8,10H,7H2,1-6H3/i4D3. The SMILES string of the molecule is [2H]C([2H])([2H])C1(C)C(CC(=O)OC)C1C(C)(C)C. The topological polar surface area (TPSA) is 26.3 Å². The Hall–Kier alpha value is -0.530. The van der Waals surface area contributed by atoms with Gasteiger partial charge in [0.05, 0.1) is 7.11 Å². The third-order valence-corrected chi connectivity index (χ3v) is 3.26. The Morgan fingerprint density at radius 1 is 1.57 bits per heavy atom. The minimum Gasteiger partial charge on any atom is -0.469 e. The molecule has 1 saturated carbocycles. The number of methoxy groups -OCH3 is 1. The normalized spacial score (nSPS) is 40.8. The van der Waals surface area contributed by atoms with E-state index < -0.39 is 12.3 Å². The van der Waals surface area contributed by atoms with E-state index in [1.54, 1.807) is 6.92 Å². The van der Waals surface area contributed by atoms with Gasteiger partial charge in [-0.25, -0.2) is 0 Å². The predicted molar refractivity (Wildman–Crippen MR) is 56.8 cm³/mol. The highest BCUT2D eigenvalue weighted by atomic mass is 16.5. The summed E-state index contributed by atoms with van der Waals surface area (Å²) in [5, 5.41) is 0. The molecule has 82 valence electrons. The average molecular weight is 201 g/mol. The van der Waals surface area contributed by atoms with Crippen LogP contribution in [0.2, 0.25) is 0 Å². The van der Waals surface area contributed by atoms with Crippen LogP contribution in [0.15, 0.2) is 0 Å². The van der Waals surface area contributed by atoms with E-state index in [2.05, 4.69) is 4.74 Å². The second kappa shape index (κ2) is 3.25. The molecule has 0 saturated heterocycles. The highest BCUT2D eigenvalue weighted by Crippen LogP contribution is 2.66. The maximum Gasteiger partial charge on any atom is 0.305 e. The molecule has 2 heteroatoms. The van der Waals surface area contributed by atoms with E-state index in [0.29, 0.717) is 0 Å². The summed E-state index contributed by atoms with van der Waals surface area (Å²) in [5.74, 6) is -0.402. The van der Waals surface area contributed by atoms with Gasteiger partial charge in [0.15, 0.2) is 0 Å². The lowest BCUT2D eigenvalue weighted by molar-refractivity contribution is -0.141. The Kier molecular flexibility index (Phi) is 1.79. The van der Waals surface area contributed by atoms with Crippen LogP contribution in [0.3, 0.4) is 0 Å². The van der Waals surface area contributed by atoms with E-state index in [1.165, 1.54) is 7.11 Å². The number of ether oxygens (including phenoxy) is 1. The lowest BCUT2D eigenvalue weighted by Crippen LogP contribution is -2.12. The Balaban J connectivity index is 2.94. The maximum atomic E-state index is 11.3. The third kappa shape index (κ3) is 1.94. The van der Waals surface area contributed by atoms with Crippen molar-refractivity contribution in [2.24, 2.45) is 22.7 Å². The average Bonchev–Trinajstić information content (AvgIpc) is 2.71. The number of hydrogen-bond acceptors (Lipinski definition) is 2. The van der Waals surface area contributed by atoms with Gasteiger partial charge in [-0.05, 0) is 22.7 Å². The molecule has 0 aliphatic heterocycles. The Bertz CT molecular complexity index is 317. The van der Waals surface area contributed by atoms with Crippen LogP contribution < -0.4 is 0 Å². The first-order valence-corrected chi connectivity index (χ1v) is 5.03. The third-order valence-electron chi connectivity index (χ3n) is 3.26. The first-order valence-electron chi connectivity index (χ1n) is 6.53. The zero-order chi connectivity index (χ0) is 13.6. The van der Waals surface area contributed by atoms with Gasteiger partial charge in [-0.15, -0.1) is 0 Å². The molecular weight excluding hydrogens is 176 g/mol. The van der Waals surface area contributed by atoms with Gasteiger partial charge >= 0.3 is 5.97 Å². The number of carbonyl (C=O) groups is 1. The van der Waals surface area contributed by atoms with Crippen LogP contribution in [0.25, 0.3) is 0 Å². The van der Waals surface area contributed by atoms with Crippen molar-refractivity contribution >= 4 is 5.97 Å². The monoisotopic (exact) mass is 201 g/mol. The zero-order valence-corrected chi connectivity index (χ0v) is 9.68. The fourth-order valence-electron chi connectivity index (χ4n) is 2.70. The Morgan fingerprint density at radius 2 is 2.14 bits per heavy atom. The first-order chi connectivity index (χ1) is 7.46. The summed E-state index contributed by atoms with van der Waals surface area (Å²) in [6, 6.07) is 0. The van der Waals surface area contributed by atoms with Crippen molar-refractivity contribution in [3.8, 4) is 0 Å². The van der Waals surface area contributed by atoms with E-state index in [0.717, 1.165) is 0 Å². The highest BCUT2D eigenvalue weighted by molar-refractivity contribution is 5.70. The van der Waals surface area contributed by atoms with Gasteiger partial charge in [0, 0.05) is 10.5 Å². The van der Waals surface area contributed by atoms with Crippen LogP contribution in [0.5, 0.6) is 0 Å². The number of carbonyl (C=O) groups excluding carboxylic acids is 1. The molecular formula is C12H22O2. The van der Waals surface area contributed by atoms with Gasteiger partial charge in [0.2, 0.25) is 0 Å². The van der Waals surface area contributed by atoms with Crippen molar-refractivity contribution in [2.45, 2.75) is 41.0 Å². The summed E-state index contributed by atoms with van der Waals surface area (Å²) >= 11 is 0. The van der Waals surface area contributed by atoms with Crippen LogP contribution in [0, 0.1) is 22.7 Å². The molecule has 0 spiro atoms. The molecule has 0 aromatic rings. The molecule has 0 aromatic carbocycles. The van der Waals surface area contributed by atoms with Crippen LogP contribution in [-0.2, 0) is 9.53 Å². The smallest absolute Gasteiger partial charge is 0.305 e. The van der Waals surface area contributed by atoms with Crippen molar-refractivity contribution in [3.05, 3.63) is 0 Å². The fourth-order valence-corrected chi connectivity index (χ4v) is 2.70. The van der Waals surface area contributed by atoms with Gasteiger partial charge in [-0.2, -0.15) is 0 Å². The van der Waals surface area contributed by atoms with Crippen LogP contribution in [0.1, 0.15) is 45.1 Å². The molecule has 0 bridgehead atoms. The van der Waals surface area contributed by atoms with Crippen molar-refractivity contribution in [1.29, 1.82) is 0 Å². The molecule has 0 heterocycles. The minimum absolute atomic E-state index is 0.0293.